The Morgan fingerprint density at radius 3 is 2.67 bits per heavy atom. The second-order valence-corrected chi connectivity index (χ2v) is 6.72. The average molecular weight is 360 g/mol. The van der Waals surface area contributed by atoms with E-state index in [0.717, 1.165) is 22.2 Å². The van der Waals surface area contributed by atoms with Crippen molar-refractivity contribution in [3.8, 4) is 5.75 Å². The van der Waals surface area contributed by atoms with Crippen LogP contribution in [0.15, 0.2) is 58.7 Å². The van der Waals surface area contributed by atoms with Crippen molar-refractivity contribution in [3.05, 3.63) is 70.3 Å². The van der Waals surface area contributed by atoms with Gasteiger partial charge < -0.3 is 9.72 Å². The number of benzene rings is 2. The standard InChI is InChI=1S/C21H20N4O2/c1-13(2)15-6-4-14(5-7-15)11-23-25-12-22-19-17-10-16(27-3)8-9-18(17)24-20(19)21(25)26/h4-13,24H,1-3H3/b23-11+. The second kappa shape index (κ2) is 6.72. The highest BCUT2D eigenvalue weighted by Gasteiger charge is 2.11. The van der Waals surface area contributed by atoms with Crippen LogP contribution in [0.25, 0.3) is 21.9 Å². The summed E-state index contributed by atoms with van der Waals surface area (Å²) in [6, 6.07) is 13.7. The lowest BCUT2D eigenvalue weighted by Gasteiger charge is -2.04. The molecule has 2 aromatic heterocycles. The SMILES string of the molecule is COc1ccc2[nH]c3c(=O)n(/N=C/c4ccc(C(C)C)cc4)cnc3c2c1. The van der Waals surface area contributed by atoms with Crippen LogP contribution in [0.4, 0.5) is 0 Å². The first-order valence-electron chi connectivity index (χ1n) is 8.78. The smallest absolute Gasteiger partial charge is 0.298 e. The second-order valence-electron chi connectivity index (χ2n) is 6.72. The summed E-state index contributed by atoms with van der Waals surface area (Å²) < 4.78 is 6.50. The van der Waals surface area contributed by atoms with Crippen LogP contribution in [0, 0.1) is 0 Å². The van der Waals surface area contributed by atoms with Crippen molar-refractivity contribution in [1.82, 2.24) is 14.6 Å². The first-order valence-corrected chi connectivity index (χ1v) is 8.78. The van der Waals surface area contributed by atoms with E-state index in [1.165, 1.54) is 16.6 Å². The van der Waals surface area contributed by atoms with Crippen LogP contribution >= 0.6 is 0 Å². The first kappa shape index (κ1) is 17.0. The molecule has 0 spiro atoms. The van der Waals surface area contributed by atoms with E-state index in [-0.39, 0.29) is 5.56 Å². The minimum absolute atomic E-state index is 0.245. The highest BCUT2D eigenvalue weighted by atomic mass is 16.5. The minimum Gasteiger partial charge on any atom is -0.497 e. The summed E-state index contributed by atoms with van der Waals surface area (Å²) in [5.41, 5.74) is 3.81. The van der Waals surface area contributed by atoms with Crippen LogP contribution < -0.4 is 10.3 Å². The average Bonchev–Trinajstić information content (AvgIpc) is 3.06. The molecule has 0 radical (unpaired) electrons. The number of hydrogen-bond donors (Lipinski definition) is 1. The summed E-state index contributed by atoms with van der Waals surface area (Å²) in [5.74, 6) is 1.20. The molecular weight excluding hydrogens is 340 g/mol. The Morgan fingerprint density at radius 2 is 1.96 bits per heavy atom. The molecule has 27 heavy (non-hydrogen) atoms. The molecule has 6 heteroatoms. The van der Waals surface area contributed by atoms with Gasteiger partial charge in [-0.1, -0.05) is 38.1 Å². The maximum Gasteiger partial charge on any atom is 0.298 e. The molecule has 0 saturated heterocycles. The largest absolute Gasteiger partial charge is 0.497 e. The molecule has 4 aromatic rings. The Morgan fingerprint density at radius 1 is 1.19 bits per heavy atom. The van der Waals surface area contributed by atoms with E-state index in [1.807, 2.05) is 30.3 Å². The summed E-state index contributed by atoms with van der Waals surface area (Å²) in [4.78, 5) is 20.3. The van der Waals surface area contributed by atoms with Crippen LogP contribution in [-0.2, 0) is 0 Å². The lowest BCUT2D eigenvalue weighted by atomic mass is 10.0. The fraction of sp³-hybridized carbons (Fsp3) is 0.190. The van der Waals surface area contributed by atoms with Crippen molar-refractivity contribution in [2.45, 2.75) is 19.8 Å². The Labute approximate surface area is 156 Å². The van der Waals surface area contributed by atoms with Gasteiger partial charge in [0.1, 0.15) is 23.1 Å². The number of nitrogens with zero attached hydrogens (tertiary/aromatic N) is 3. The summed E-state index contributed by atoms with van der Waals surface area (Å²) in [6.07, 6.45) is 3.10. The highest BCUT2D eigenvalue weighted by Crippen LogP contribution is 2.25. The molecule has 4 rings (SSSR count). The normalized spacial score (nSPS) is 11.9. The van der Waals surface area contributed by atoms with Gasteiger partial charge in [-0.05, 0) is 35.2 Å². The zero-order valence-corrected chi connectivity index (χ0v) is 15.4. The monoisotopic (exact) mass is 360 g/mol. The van der Waals surface area contributed by atoms with Gasteiger partial charge in [0.15, 0.2) is 0 Å². The molecule has 6 nitrogen and oxygen atoms in total. The molecule has 0 bridgehead atoms. The van der Waals surface area contributed by atoms with Gasteiger partial charge in [-0.3, -0.25) is 4.79 Å². The minimum atomic E-state index is -0.245. The lowest BCUT2D eigenvalue weighted by molar-refractivity contribution is 0.415. The molecule has 0 fully saturated rings. The topological polar surface area (TPSA) is 72.3 Å². The van der Waals surface area contributed by atoms with Crippen molar-refractivity contribution in [3.63, 3.8) is 0 Å². The molecule has 0 amide bonds. The van der Waals surface area contributed by atoms with Crippen molar-refractivity contribution in [2.24, 2.45) is 5.10 Å². The number of H-pyrrole nitrogens is 1. The molecule has 0 atom stereocenters. The van der Waals surface area contributed by atoms with Gasteiger partial charge in [0.25, 0.3) is 5.56 Å². The molecule has 136 valence electrons. The molecule has 2 aromatic carbocycles. The molecule has 0 aliphatic heterocycles. The summed E-state index contributed by atoms with van der Waals surface area (Å²) in [5, 5.41) is 5.13. The number of methoxy groups -OCH3 is 1. The van der Waals surface area contributed by atoms with Crippen molar-refractivity contribution < 1.29 is 4.74 Å². The van der Waals surface area contributed by atoms with Gasteiger partial charge >= 0.3 is 0 Å². The lowest BCUT2D eigenvalue weighted by Crippen LogP contribution is -2.17. The van der Waals surface area contributed by atoms with Crippen LogP contribution in [0.5, 0.6) is 5.75 Å². The van der Waals surface area contributed by atoms with E-state index in [1.54, 1.807) is 13.3 Å². The summed E-state index contributed by atoms with van der Waals surface area (Å²) >= 11 is 0. The Hall–Kier alpha value is -3.41. The number of ether oxygens (including phenoxy) is 1. The fourth-order valence-corrected chi connectivity index (χ4v) is 3.03. The van der Waals surface area contributed by atoms with Crippen molar-refractivity contribution in [2.75, 3.05) is 7.11 Å². The number of hydrogen-bond acceptors (Lipinski definition) is 4. The quantitative estimate of drug-likeness (QED) is 0.561. The molecule has 0 aliphatic carbocycles. The maximum atomic E-state index is 12.8. The Bertz CT molecular complexity index is 1200. The van der Waals surface area contributed by atoms with Gasteiger partial charge in [0, 0.05) is 10.9 Å². The first-order chi connectivity index (χ1) is 13.1. The molecule has 0 saturated carbocycles. The maximum absolute atomic E-state index is 12.8. The van der Waals surface area contributed by atoms with Crippen LogP contribution in [0.2, 0.25) is 0 Å². The van der Waals surface area contributed by atoms with E-state index in [4.69, 9.17) is 4.74 Å². The third kappa shape index (κ3) is 3.10. The van der Waals surface area contributed by atoms with E-state index < -0.39 is 0 Å². The molecular formula is C21H20N4O2. The van der Waals surface area contributed by atoms with Gasteiger partial charge in [-0.15, -0.1) is 0 Å². The zero-order valence-electron chi connectivity index (χ0n) is 15.4. The van der Waals surface area contributed by atoms with Gasteiger partial charge in [0.2, 0.25) is 0 Å². The van der Waals surface area contributed by atoms with E-state index >= 15 is 0 Å². The predicted octanol–water partition coefficient (Wildman–Crippen LogP) is 3.89. The predicted molar refractivity (Wildman–Crippen MR) is 108 cm³/mol. The number of fused-ring (bicyclic) bond motifs is 3. The van der Waals surface area contributed by atoms with Crippen molar-refractivity contribution in [1.29, 1.82) is 0 Å². The molecule has 1 N–H and O–H groups in total. The third-order valence-corrected chi connectivity index (χ3v) is 4.63. The molecule has 0 unspecified atom stereocenters. The Balaban J connectivity index is 1.73. The van der Waals surface area contributed by atoms with Gasteiger partial charge in [-0.25, -0.2) is 4.98 Å². The van der Waals surface area contributed by atoms with E-state index in [9.17, 15) is 4.79 Å². The number of aromatic nitrogens is 3. The zero-order chi connectivity index (χ0) is 19.0. The van der Waals surface area contributed by atoms with Gasteiger partial charge in [0.05, 0.1) is 13.3 Å². The number of aromatic amines is 1. The number of rotatable bonds is 4. The van der Waals surface area contributed by atoms with Crippen LogP contribution in [-0.4, -0.2) is 28.0 Å². The number of nitrogens with one attached hydrogen (secondary N) is 1. The molecule has 2 heterocycles. The van der Waals surface area contributed by atoms with E-state index in [0.29, 0.717) is 17.0 Å². The van der Waals surface area contributed by atoms with Crippen molar-refractivity contribution >= 4 is 28.2 Å². The Kier molecular flexibility index (Phi) is 4.24. The molecule has 0 aliphatic rings. The van der Waals surface area contributed by atoms with Gasteiger partial charge in [-0.2, -0.15) is 9.78 Å². The third-order valence-electron chi connectivity index (χ3n) is 4.63. The fourth-order valence-electron chi connectivity index (χ4n) is 3.03. The van der Waals surface area contributed by atoms with Crippen LogP contribution in [0.3, 0.4) is 0 Å². The van der Waals surface area contributed by atoms with Crippen LogP contribution in [0.1, 0.15) is 30.9 Å². The summed E-state index contributed by atoms with van der Waals surface area (Å²) in [7, 11) is 1.61. The van der Waals surface area contributed by atoms with E-state index in [2.05, 4.69) is 41.0 Å². The highest BCUT2D eigenvalue weighted by molar-refractivity contribution is 6.04. The summed E-state index contributed by atoms with van der Waals surface area (Å²) in [6.45, 7) is 4.30.